The van der Waals surface area contributed by atoms with Gasteiger partial charge in [-0.05, 0) is 30.5 Å². The Labute approximate surface area is 66.5 Å². The molecule has 0 bridgehead atoms. The van der Waals surface area contributed by atoms with E-state index in [1.54, 1.807) is 13.3 Å². The molecule has 0 amide bonds. The molecule has 1 N–H and O–H groups in total. The summed E-state index contributed by atoms with van der Waals surface area (Å²) >= 11 is 0. The lowest BCUT2D eigenvalue weighted by Crippen LogP contribution is -1.86. The summed E-state index contributed by atoms with van der Waals surface area (Å²) in [4.78, 5) is 0. The normalized spacial score (nSPS) is 8.82. The molecule has 0 spiro atoms. The summed E-state index contributed by atoms with van der Waals surface area (Å²) in [5, 5.41) is 2.97. The first-order valence-electron chi connectivity index (χ1n) is 3.38. The second-order valence-corrected chi connectivity index (χ2v) is 2.08. The van der Waals surface area contributed by atoms with Gasteiger partial charge in [0, 0.05) is 5.69 Å². The number of ether oxygens (including phenoxy) is 1. The van der Waals surface area contributed by atoms with Gasteiger partial charge in [-0.2, -0.15) is 0 Å². The van der Waals surface area contributed by atoms with Crippen LogP contribution in [0.15, 0.2) is 37.0 Å². The van der Waals surface area contributed by atoms with Crippen LogP contribution in [0.5, 0.6) is 5.75 Å². The summed E-state index contributed by atoms with van der Waals surface area (Å²) in [5.41, 5.74) is 1.01. The molecule has 0 heterocycles. The van der Waals surface area contributed by atoms with Gasteiger partial charge in [-0.15, -0.1) is 0 Å². The van der Waals surface area contributed by atoms with Crippen LogP contribution in [0.2, 0.25) is 0 Å². The third-order valence-corrected chi connectivity index (χ3v) is 1.36. The second-order valence-electron chi connectivity index (χ2n) is 2.08. The predicted molar refractivity (Wildman–Crippen MR) is 46.8 cm³/mol. The highest BCUT2D eigenvalue weighted by molar-refractivity contribution is 5.47. The van der Waals surface area contributed by atoms with E-state index in [1.165, 1.54) is 0 Å². The van der Waals surface area contributed by atoms with Gasteiger partial charge >= 0.3 is 0 Å². The molecule has 0 aliphatic heterocycles. The number of benzene rings is 1. The fraction of sp³-hybridized carbons (Fsp3) is 0.111. The summed E-state index contributed by atoms with van der Waals surface area (Å²) < 4.78 is 4.99. The molecule has 0 aromatic heterocycles. The molecule has 58 valence electrons. The van der Waals surface area contributed by atoms with Crippen LogP contribution in [0, 0.1) is 0 Å². The average molecular weight is 149 g/mol. The monoisotopic (exact) mass is 149 g/mol. The van der Waals surface area contributed by atoms with Crippen LogP contribution in [0.1, 0.15) is 0 Å². The van der Waals surface area contributed by atoms with Crippen molar-refractivity contribution in [2.24, 2.45) is 0 Å². The Morgan fingerprint density at radius 1 is 1.36 bits per heavy atom. The number of hydrogen-bond acceptors (Lipinski definition) is 2. The Kier molecular flexibility index (Phi) is 2.55. The zero-order chi connectivity index (χ0) is 8.10. The molecule has 1 aromatic carbocycles. The summed E-state index contributed by atoms with van der Waals surface area (Å²) in [7, 11) is 1.65. The van der Waals surface area contributed by atoms with E-state index >= 15 is 0 Å². The van der Waals surface area contributed by atoms with Gasteiger partial charge in [-0.25, -0.2) is 0 Å². The largest absolute Gasteiger partial charge is 0.497 e. The lowest BCUT2D eigenvalue weighted by Gasteiger charge is -2.01. The fourth-order valence-electron chi connectivity index (χ4n) is 0.805. The highest BCUT2D eigenvalue weighted by atomic mass is 16.5. The highest BCUT2D eigenvalue weighted by Gasteiger charge is 1.89. The maximum Gasteiger partial charge on any atom is 0.119 e. The van der Waals surface area contributed by atoms with Crippen molar-refractivity contribution in [2.75, 3.05) is 12.4 Å². The Balaban J connectivity index is 2.74. The maximum absolute atomic E-state index is 4.99. The van der Waals surface area contributed by atoms with Crippen LogP contribution >= 0.6 is 0 Å². The molecule has 0 unspecified atom stereocenters. The quantitative estimate of drug-likeness (QED) is 0.711. The van der Waals surface area contributed by atoms with Gasteiger partial charge in [0.25, 0.3) is 0 Å². The summed E-state index contributed by atoms with van der Waals surface area (Å²) in [5.74, 6) is 0.861. The first-order valence-corrected chi connectivity index (χ1v) is 3.38. The second kappa shape index (κ2) is 3.66. The van der Waals surface area contributed by atoms with Crippen LogP contribution < -0.4 is 10.1 Å². The Bertz CT molecular complexity index is 228. The zero-order valence-electron chi connectivity index (χ0n) is 6.50. The molecule has 0 aliphatic carbocycles. The molecule has 0 saturated carbocycles. The zero-order valence-corrected chi connectivity index (χ0v) is 6.50. The van der Waals surface area contributed by atoms with E-state index < -0.39 is 0 Å². The fourth-order valence-corrected chi connectivity index (χ4v) is 0.805. The third-order valence-electron chi connectivity index (χ3n) is 1.36. The Morgan fingerprint density at radius 3 is 2.45 bits per heavy atom. The van der Waals surface area contributed by atoms with Crippen molar-refractivity contribution in [1.29, 1.82) is 0 Å². The van der Waals surface area contributed by atoms with E-state index in [2.05, 4.69) is 11.9 Å². The molecular formula is C9H11NO. The van der Waals surface area contributed by atoms with E-state index in [1.807, 2.05) is 24.3 Å². The smallest absolute Gasteiger partial charge is 0.119 e. The van der Waals surface area contributed by atoms with Crippen LogP contribution in [-0.2, 0) is 0 Å². The summed E-state index contributed by atoms with van der Waals surface area (Å²) in [6, 6.07) is 7.65. The molecular weight excluding hydrogens is 138 g/mol. The molecule has 0 fully saturated rings. The van der Waals surface area contributed by atoms with E-state index in [0.29, 0.717) is 0 Å². The van der Waals surface area contributed by atoms with Crippen molar-refractivity contribution in [2.45, 2.75) is 0 Å². The van der Waals surface area contributed by atoms with Gasteiger partial charge in [-0.1, -0.05) is 6.58 Å². The standard InChI is InChI=1S/C9H11NO/c1-3-10-8-4-6-9(11-2)7-5-8/h3-7,10H,1H2,2H3. The van der Waals surface area contributed by atoms with Gasteiger partial charge in [0.15, 0.2) is 0 Å². The lowest BCUT2D eigenvalue weighted by atomic mass is 10.3. The number of nitrogens with one attached hydrogen (secondary N) is 1. The van der Waals surface area contributed by atoms with E-state index in [4.69, 9.17) is 4.74 Å². The minimum atomic E-state index is 0.861. The van der Waals surface area contributed by atoms with Gasteiger partial charge in [0.05, 0.1) is 7.11 Å². The van der Waals surface area contributed by atoms with Crippen LogP contribution in [0.4, 0.5) is 5.69 Å². The average Bonchev–Trinajstić information content (AvgIpc) is 2.07. The van der Waals surface area contributed by atoms with Crippen LogP contribution in [0.3, 0.4) is 0 Å². The maximum atomic E-state index is 4.99. The van der Waals surface area contributed by atoms with E-state index in [-0.39, 0.29) is 0 Å². The van der Waals surface area contributed by atoms with Crippen LogP contribution in [0.25, 0.3) is 0 Å². The van der Waals surface area contributed by atoms with Gasteiger partial charge in [0.1, 0.15) is 5.75 Å². The molecule has 2 nitrogen and oxygen atoms in total. The van der Waals surface area contributed by atoms with Crippen molar-refractivity contribution >= 4 is 5.69 Å². The molecule has 1 rings (SSSR count). The molecule has 0 aliphatic rings. The molecule has 1 aromatic rings. The molecule has 0 radical (unpaired) electrons. The van der Waals surface area contributed by atoms with Gasteiger partial charge < -0.3 is 10.1 Å². The molecule has 11 heavy (non-hydrogen) atoms. The van der Waals surface area contributed by atoms with Crippen LogP contribution in [-0.4, -0.2) is 7.11 Å². The summed E-state index contributed by atoms with van der Waals surface area (Å²) in [6.45, 7) is 3.56. The topological polar surface area (TPSA) is 21.3 Å². The first-order chi connectivity index (χ1) is 5.36. The van der Waals surface area contributed by atoms with Crippen molar-refractivity contribution in [3.05, 3.63) is 37.0 Å². The van der Waals surface area contributed by atoms with Gasteiger partial charge in [0.2, 0.25) is 0 Å². The number of rotatable bonds is 3. The van der Waals surface area contributed by atoms with E-state index in [9.17, 15) is 0 Å². The number of methoxy groups -OCH3 is 1. The minimum absolute atomic E-state index is 0.861. The predicted octanol–water partition coefficient (Wildman–Crippen LogP) is 2.25. The van der Waals surface area contributed by atoms with E-state index in [0.717, 1.165) is 11.4 Å². The third kappa shape index (κ3) is 2.00. The molecule has 0 saturated heterocycles. The summed E-state index contributed by atoms with van der Waals surface area (Å²) in [6.07, 6.45) is 1.64. The highest BCUT2D eigenvalue weighted by Crippen LogP contribution is 2.14. The molecule has 2 heteroatoms. The van der Waals surface area contributed by atoms with Crippen molar-refractivity contribution < 1.29 is 4.74 Å². The van der Waals surface area contributed by atoms with Gasteiger partial charge in [-0.3, -0.25) is 0 Å². The number of hydrogen-bond donors (Lipinski definition) is 1. The lowest BCUT2D eigenvalue weighted by molar-refractivity contribution is 0.415. The van der Waals surface area contributed by atoms with Crippen molar-refractivity contribution in [1.82, 2.24) is 0 Å². The Hall–Kier alpha value is -1.44. The SMILES string of the molecule is C=CNc1ccc(OC)cc1. The Morgan fingerprint density at radius 2 is 2.00 bits per heavy atom. The van der Waals surface area contributed by atoms with Crippen molar-refractivity contribution in [3.63, 3.8) is 0 Å². The van der Waals surface area contributed by atoms with Crippen molar-refractivity contribution in [3.8, 4) is 5.75 Å². The minimum Gasteiger partial charge on any atom is -0.497 e. The number of anilines is 1. The first kappa shape index (κ1) is 7.66. The molecule has 0 atom stereocenters.